The zero-order chi connectivity index (χ0) is 29.8. The topological polar surface area (TPSA) is 122 Å². The van der Waals surface area contributed by atoms with E-state index in [1.54, 1.807) is 36.4 Å². The molecule has 41 heavy (non-hydrogen) atoms. The van der Waals surface area contributed by atoms with E-state index in [0.29, 0.717) is 5.75 Å². The highest BCUT2D eigenvalue weighted by molar-refractivity contribution is 7.93. The van der Waals surface area contributed by atoms with E-state index >= 15 is 0 Å². The minimum Gasteiger partial charge on any atom is -0.495 e. The minimum atomic E-state index is -4.16. The van der Waals surface area contributed by atoms with Crippen LogP contribution in [0.15, 0.2) is 101 Å². The summed E-state index contributed by atoms with van der Waals surface area (Å²) in [4.78, 5) is 13.0. The maximum absolute atomic E-state index is 13.5. The first-order chi connectivity index (χ1) is 19.4. The fourth-order valence-electron chi connectivity index (χ4n) is 3.83. The van der Waals surface area contributed by atoms with Crippen molar-refractivity contribution in [2.75, 3.05) is 28.0 Å². The van der Waals surface area contributed by atoms with Gasteiger partial charge in [0, 0.05) is 5.69 Å². The molecule has 0 aliphatic heterocycles. The van der Waals surface area contributed by atoms with Gasteiger partial charge in [0.1, 0.15) is 12.3 Å². The number of halogens is 2. The Balaban J connectivity index is 1.54. The van der Waals surface area contributed by atoms with Gasteiger partial charge in [0.25, 0.3) is 20.0 Å². The van der Waals surface area contributed by atoms with Gasteiger partial charge in [-0.2, -0.15) is 0 Å². The SMILES string of the molecule is COc1ccc(C)cc1NS(=O)(=O)c1ccc(NC(=O)CN(c2ccc(Cl)c(Cl)c2)S(=O)(=O)c2ccccc2)cc1. The number of carbonyl (C=O) groups excluding carboxylic acids is 1. The second-order valence-corrected chi connectivity index (χ2v) is 13.2. The Morgan fingerprint density at radius 2 is 1.51 bits per heavy atom. The molecule has 13 heteroatoms. The molecule has 0 saturated carbocycles. The second-order valence-electron chi connectivity index (χ2n) is 8.80. The van der Waals surface area contributed by atoms with Crippen LogP contribution in [-0.2, 0) is 24.8 Å². The van der Waals surface area contributed by atoms with Crippen molar-refractivity contribution < 1.29 is 26.4 Å². The number of hydrogen-bond acceptors (Lipinski definition) is 6. The van der Waals surface area contributed by atoms with E-state index < -0.39 is 32.5 Å². The van der Waals surface area contributed by atoms with Crippen LogP contribution < -0.4 is 19.1 Å². The van der Waals surface area contributed by atoms with E-state index in [-0.39, 0.29) is 36.9 Å². The van der Waals surface area contributed by atoms with Crippen LogP contribution in [-0.4, -0.2) is 36.4 Å². The van der Waals surface area contributed by atoms with Gasteiger partial charge in [-0.25, -0.2) is 16.8 Å². The maximum Gasteiger partial charge on any atom is 0.264 e. The molecule has 0 atom stereocenters. The molecule has 4 rings (SSSR count). The standard InChI is InChI=1S/C28H25Cl2N3O6S2/c1-19-8-15-27(39-2)26(16-19)32-40(35,36)22-12-9-20(10-13-22)31-28(34)18-33(21-11-14-24(29)25(30)17-21)41(37,38)23-6-4-3-5-7-23/h3-17,32H,18H2,1-2H3,(H,31,34). The molecule has 0 aromatic heterocycles. The Morgan fingerprint density at radius 1 is 0.829 bits per heavy atom. The Labute approximate surface area is 248 Å². The van der Waals surface area contributed by atoms with E-state index in [2.05, 4.69) is 10.0 Å². The molecule has 0 radical (unpaired) electrons. The molecular weight excluding hydrogens is 609 g/mol. The van der Waals surface area contributed by atoms with E-state index in [1.807, 2.05) is 6.92 Å². The third kappa shape index (κ3) is 7.12. The third-order valence-electron chi connectivity index (χ3n) is 5.86. The molecule has 0 saturated heterocycles. The van der Waals surface area contributed by atoms with Crippen molar-refractivity contribution in [3.63, 3.8) is 0 Å². The summed E-state index contributed by atoms with van der Waals surface area (Å²) in [5.41, 5.74) is 1.52. The number of sulfonamides is 2. The van der Waals surface area contributed by atoms with Crippen molar-refractivity contribution >= 4 is 66.2 Å². The van der Waals surface area contributed by atoms with Crippen LogP contribution in [0.4, 0.5) is 17.1 Å². The van der Waals surface area contributed by atoms with Crippen molar-refractivity contribution in [3.8, 4) is 5.75 Å². The van der Waals surface area contributed by atoms with Crippen LogP contribution in [0.3, 0.4) is 0 Å². The normalized spacial score (nSPS) is 11.5. The highest BCUT2D eigenvalue weighted by atomic mass is 35.5. The number of amides is 1. The van der Waals surface area contributed by atoms with Crippen molar-refractivity contribution in [3.05, 3.63) is 107 Å². The average molecular weight is 635 g/mol. The number of rotatable bonds is 10. The molecule has 2 N–H and O–H groups in total. The molecule has 0 heterocycles. The molecule has 0 spiro atoms. The zero-order valence-electron chi connectivity index (χ0n) is 21.8. The van der Waals surface area contributed by atoms with Gasteiger partial charge in [-0.3, -0.25) is 13.8 Å². The van der Waals surface area contributed by atoms with E-state index in [9.17, 15) is 21.6 Å². The first-order valence-corrected chi connectivity index (χ1v) is 15.7. The summed E-state index contributed by atoms with van der Waals surface area (Å²) in [6.07, 6.45) is 0. The lowest BCUT2D eigenvalue weighted by molar-refractivity contribution is -0.114. The lowest BCUT2D eigenvalue weighted by Crippen LogP contribution is -2.38. The predicted molar refractivity (Wildman–Crippen MR) is 161 cm³/mol. The molecule has 0 bridgehead atoms. The van der Waals surface area contributed by atoms with E-state index in [1.165, 1.54) is 61.7 Å². The van der Waals surface area contributed by atoms with Gasteiger partial charge >= 0.3 is 0 Å². The summed E-state index contributed by atoms with van der Waals surface area (Å²) >= 11 is 12.1. The second kappa shape index (κ2) is 12.4. The van der Waals surface area contributed by atoms with Crippen molar-refractivity contribution in [1.82, 2.24) is 0 Å². The molecule has 0 aliphatic carbocycles. The van der Waals surface area contributed by atoms with E-state index in [0.717, 1.165) is 9.87 Å². The largest absolute Gasteiger partial charge is 0.495 e. The van der Waals surface area contributed by atoms with Crippen LogP contribution in [0.5, 0.6) is 5.75 Å². The molecule has 0 fully saturated rings. The number of anilines is 3. The van der Waals surface area contributed by atoms with Crippen LogP contribution in [0.1, 0.15) is 5.56 Å². The van der Waals surface area contributed by atoms with Crippen molar-refractivity contribution in [2.45, 2.75) is 16.7 Å². The van der Waals surface area contributed by atoms with Crippen molar-refractivity contribution in [1.29, 1.82) is 0 Å². The van der Waals surface area contributed by atoms with E-state index in [4.69, 9.17) is 27.9 Å². The van der Waals surface area contributed by atoms with Crippen LogP contribution in [0, 0.1) is 6.92 Å². The summed E-state index contributed by atoms with van der Waals surface area (Å²) in [5.74, 6) is -0.311. The summed E-state index contributed by atoms with van der Waals surface area (Å²) in [7, 11) is -6.70. The third-order valence-corrected chi connectivity index (χ3v) is 9.77. The summed E-state index contributed by atoms with van der Waals surface area (Å²) in [5, 5.41) is 2.95. The highest BCUT2D eigenvalue weighted by Gasteiger charge is 2.28. The number of hydrogen-bond donors (Lipinski definition) is 2. The molecule has 4 aromatic rings. The Bertz CT molecular complexity index is 1780. The first kappa shape index (κ1) is 30.2. The lowest BCUT2D eigenvalue weighted by Gasteiger charge is -2.24. The molecule has 1 amide bonds. The number of carbonyl (C=O) groups is 1. The average Bonchev–Trinajstić information content (AvgIpc) is 2.94. The molecule has 0 aliphatic rings. The van der Waals surface area contributed by atoms with Crippen molar-refractivity contribution in [2.24, 2.45) is 0 Å². The lowest BCUT2D eigenvalue weighted by atomic mass is 10.2. The summed E-state index contributed by atoms with van der Waals surface area (Å²) in [6, 6.07) is 22.4. The highest BCUT2D eigenvalue weighted by Crippen LogP contribution is 2.31. The number of benzene rings is 4. The molecule has 4 aromatic carbocycles. The smallest absolute Gasteiger partial charge is 0.264 e. The number of nitrogens with one attached hydrogen (secondary N) is 2. The molecule has 214 valence electrons. The van der Waals surface area contributed by atoms with Crippen LogP contribution in [0.25, 0.3) is 0 Å². The van der Waals surface area contributed by atoms with Gasteiger partial charge in [-0.1, -0.05) is 47.5 Å². The molecule has 0 unspecified atom stereocenters. The molecular formula is C28H25Cl2N3O6S2. The number of nitrogens with zero attached hydrogens (tertiary/aromatic N) is 1. The fraction of sp³-hybridized carbons (Fsp3) is 0.107. The Kier molecular flexibility index (Phi) is 9.13. The van der Waals surface area contributed by atoms with Crippen LogP contribution >= 0.6 is 23.2 Å². The Hall–Kier alpha value is -3.77. The van der Waals surface area contributed by atoms with Gasteiger partial charge in [0.2, 0.25) is 5.91 Å². The van der Waals surface area contributed by atoms with Gasteiger partial charge in [0.15, 0.2) is 0 Å². The fourth-order valence-corrected chi connectivity index (χ4v) is 6.62. The monoisotopic (exact) mass is 633 g/mol. The quantitative estimate of drug-likeness (QED) is 0.223. The van der Waals surface area contributed by atoms with Gasteiger partial charge in [-0.15, -0.1) is 0 Å². The predicted octanol–water partition coefficient (Wildman–Crippen LogP) is 5.95. The van der Waals surface area contributed by atoms with Crippen LogP contribution in [0.2, 0.25) is 10.0 Å². The summed E-state index contributed by atoms with van der Waals surface area (Å²) < 4.78 is 61.5. The Morgan fingerprint density at radius 3 is 2.15 bits per heavy atom. The van der Waals surface area contributed by atoms with Gasteiger partial charge in [0.05, 0.1) is 38.3 Å². The zero-order valence-corrected chi connectivity index (χ0v) is 25.0. The number of aryl methyl sites for hydroxylation is 1. The number of methoxy groups -OCH3 is 1. The number of ether oxygens (including phenoxy) is 1. The summed E-state index contributed by atoms with van der Waals surface area (Å²) in [6.45, 7) is 1.23. The first-order valence-electron chi connectivity index (χ1n) is 12.0. The van der Waals surface area contributed by atoms with Gasteiger partial charge < -0.3 is 10.1 Å². The van der Waals surface area contributed by atoms with Gasteiger partial charge in [-0.05, 0) is 79.2 Å². The minimum absolute atomic E-state index is 0.0221. The maximum atomic E-state index is 13.5. The molecule has 9 nitrogen and oxygen atoms in total.